The Morgan fingerprint density at radius 2 is 1.00 bits per heavy atom. The molecule has 112 heavy (non-hydrogen) atoms. The van der Waals surface area contributed by atoms with Crippen LogP contribution in [0.4, 0.5) is 27.1 Å². The molecular formula is C81H92Cl5FK2N12O8S3. The molecule has 0 radical (unpaired) electrons. The molecule has 20 nitrogen and oxygen atoms in total. The van der Waals surface area contributed by atoms with Gasteiger partial charge in [0.05, 0.1) is 36.9 Å². The number of thiocarbonyl (C=S) groups is 1. The molecule has 14 rings (SSSR count). The van der Waals surface area contributed by atoms with Gasteiger partial charge in [0.25, 0.3) is 12.4 Å². The molecule has 0 atom stereocenters. The largest absolute Gasteiger partial charge is 1.00 e. The number of nitrogen functional groups attached to an aromatic ring is 1. The van der Waals surface area contributed by atoms with Crippen molar-refractivity contribution in [2.24, 2.45) is 5.84 Å². The number of aromatic amines is 1. The van der Waals surface area contributed by atoms with E-state index < -0.39 is 18.4 Å². The summed E-state index contributed by atoms with van der Waals surface area (Å²) in [6.45, 7) is 16.9. The Kier molecular flexibility index (Phi) is 46.4. The van der Waals surface area contributed by atoms with Crippen molar-refractivity contribution in [2.45, 2.75) is 124 Å². The van der Waals surface area contributed by atoms with Crippen molar-refractivity contribution in [3.63, 3.8) is 0 Å². The summed E-state index contributed by atoms with van der Waals surface area (Å²) in [4.78, 5) is 53.3. The molecule has 0 unspecified atom stereocenters. The van der Waals surface area contributed by atoms with Crippen LogP contribution in [0.1, 0.15) is 128 Å². The van der Waals surface area contributed by atoms with Crippen LogP contribution in [0.5, 0.6) is 0 Å². The van der Waals surface area contributed by atoms with E-state index in [1.807, 2.05) is 102 Å². The van der Waals surface area contributed by atoms with Crippen LogP contribution in [0.25, 0.3) is 43.7 Å². The molecule has 2 amide bonds. The predicted octanol–water partition coefficient (Wildman–Crippen LogP) is 13.1. The number of hydrogen-bond acceptors (Lipinski definition) is 15. The van der Waals surface area contributed by atoms with Gasteiger partial charge in [0.2, 0.25) is 17.1 Å². The number of rotatable bonds is 14. The van der Waals surface area contributed by atoms with Gasteiger partial charge in [0.15, 0.2) is 15.0 Å². The molecule has 10 N–H and O–H groups in total. The van der Waals surface area contributed by atoms with Crippen molar-refractivity contribution < 1.29 is 149 Å². The SMILES string of the molecule is CC(=O)O.Cc1ccc(N)c(C)c1.Cc1ccc(NC(=O)CCl)c(C)c1.Cc1ccc(NC(=O)CSc2nnc(C)n2-c2ccc(C3CC3)c3ccccc23)c(C)c1.Cc1n[nH]c(=S)n1-c1ccc(C2CC2)c2ccccc12.ClCCl.NNC(=S)Nc1ccc(C2CC2)c2ccccc12.O=C(Cl)CCl.O=CO[O-].[2H]CF.[H-].[K+].[K+]. The van der Waals surface area contributed by atoms with Gasteiger partial charge in [0.1, 0.15) is 17.5 Å². The fourth-order valence-electron chi connectivity index (χ4n) is 11.5. The van der Waals surface area contributed by atoms with Crippen LogP contribution < -0.4 is 141 Å². The second kappa shape index (κ2) is 52.7. The normalized spacial score (nSPS) is 11.8. The van der Waals surface area contributed by atoms with E-state index in [4.69, 9.17) is 115 Å². The monoisotopic (exact) mass is 1730 g/mol. The molecule has 3 aliphatic rings. The maximum absolute atomic E-state index is 12.6. The topological polar surface area (TPSA) is 302 Å². The molecule has 2 aromatic heterocycles. The number of hydrogen-bond donors (Lipinski definition) is 8. The van der Waals surface area contributed by atoms with Crippen molar-refractivity contribution in [1.82, 2.24) is 35.0 Å². The zero-order valence-corrected chi connectivity index (χ0v) is 76.8. The van der Waals surface area contributed by atoms with Crippen LogP contribution in [-0.4, -0.2) is 99.3 Å². The first kappa shape index (κ1) is 98.6. The Morgan fingerprint density at radius 1 is 0.625 bits per heavy atom. The van der Waals surface area contributed by atoms with Crippen molar-refractivity contribution in [1.29, 1.82) is 0 Å². The number of nitrogens with one attached hydrogen (secondary N) is 5. The number of carbonyl (C=O) groups excluding carboxylic acids is 4. The Balaban J connectivity index is 0.000000473. The Hall–Kier alpha value is -5.78. The van der Waals surface area contributed by atoms with Gasteiger partial charge in [0, 0.05) is 45.8 Å². The van der Waals surface area contributed by atoms with E-state index in [0.29, 0.717) is 15.8 Å². The maximum Gasteiger partial charge on any atom is 1.00 e. The second-order valence-corrected chi connectivity index (χ2v) is 28.7. The first-order valence-corrected chi connectivity index (χ1v) is 38.7. The van der Waals surface area contributed by atoms with Crippen molar-refractivity contribution in [2.75, 3.05) is 51.7 Å². The summed E-state index contributed by atoms with van der Waals surface area (Å²) in [7, 11) is -1.00. The van der Waals surface area contributed by atoms with E-state index >= 15 is 0 Å². The number of carbonyl (C=O) groups is 5. The average Bonchev–Trinajstić information content (AvgIpc) is 1.68. The van der Waals surface area contributed by atoms with Gasteiger partial charge >= 0.3 is 103 Å². The van der Waals surface area contributed by atoms with E-state index in [1.165, 1.54) is 116 Å². The van der Waals surface area contributed by atoms with Gasteiger partial charge in [-0.25, -0.2) is 5.84 Å². The standard InChI is InChI=1S/C26H26N4OS.C16H15N3S.C14H15N3S.C10H12ClNO.C8H11N.C2H2Cl2O.C2H4O2.CH2Cl2.CH3F.CH2O3.2K.H/c1-16-8-12-23(17(2)14-16)27-25(31)15-32-26-29-28-18(3)30(26)24-13-11-20(19-9-10-19)21-6-4-5-7-22(21)24;1-10-17-18-16(20)19(10)15-9-8-12(11-6-7-11)13-4-2-3-5-14(13)15;15-17-14(18)16-13-8-7-10(9-5-6-9)11-3-1-2-4-12(11)13;1-7-3-4-9(8(2)5-7)12-10(13)6-11;1-6-3-4-8(9)7(2)5-6;3-1-2(4)5;1-2(3)4;2-1-3;1-2;2-1-4-3;;;/h4-8,11-14,19H,9-10,15H2,1-3H3,(H,27,31);2-5,8-9,11H,6-7H2,1H3,(H,18,20);1-4,7-9H,5-6,15H2,(H2,16,17,18);3-5H,6H2,1-2H3,(H,12,13);3-5H,9H2,1-2H3;1H2;1H3,(H,3,4);1H2;1H3;1,3H;;;/q;;;;;;;;;;2*+1;-1/p-1/i;;;;;;;;1D;;;;. The minimum atomic E-state index is -1.00. The average molecular weight is 1730 g/mol. The van der Waals surface area contributed by atoms with Crippen LogP contribution in [0.2, 0.25) is 0 Å². The number of carboxylic acid groups (broad SMARTS) is 1. The van der Waals surface area contributed by atoms with Crippen LogP contribution in [0.3, 0.4) is 0 Å². The number of nitrogens with two attached hydrogens (primary N) is 2. The summed E-state index contributed by atoms with van der Waals surface area (Å²) >= 11 is 36.3. The third-order valence-corrected chi connectivity index (χ3v) is 18.9. The molecule has 2 heterocycles. The second-order valence-electron chi connectivity index (χ2n) is 25.2. The minimum Gasteiger partial charge on any atom is -1.00 e. The van der Waals surface area contributed by atoms with E-state index in [1.54, 1.807) is 0 Å². The number of halogens is 6. The molecular weight excluding hydrogens is 1640 g/mol. The van der Waals surface area contributed by atoms with Gasteiger partial charge in [-0.2, -0.15) is 5.10 Å². The molecule has 0 saturated heterocycles. The predicted molar refractivity (Wildman–Crippen MR) is 456 cm³/mol. The van der Waals surface area contributed by atoms with Crippen LogP contribution in [-0.2, 0) is 28.9 Å². The number of anilines is 4. The van der Waals surface area contributed by atoms with Gasteiger partial charge < -0.3 is 43.8 Å². The number of fused-ring (bicyclic) bond motifs is 3. The molecule has 3 saturated carbocycles. The molecule has 586 valence electrons. The zero-order valence-electron chi connectivity index (χ0n) is 66.4. The van der Waals surface area contributed by atoms with E-state index in [9.17, 15) is 18.8 Å². The van der Waals surface area contributed by atoms with Crippen molar-refractivity contribution in [3.05, 3.63) is 230 Å². The first-order chi connectivity index (χ1) is 53.1. The van der Waals surface area contributed by atoms with E-state index in [2.05, 4.69) is 173 Å². The molecule has 9 aromatic carbocycles. The third kappa shape index (κ3) is 32.7. The van der Waals surface area contributed by atoms with Crippen molar-refractivity contribution >= 4 is 184 Å². The van der Waals surface area contributed by atoms with Gasteiger partial charge in [-0.3, -0.25) is 42.6 Å². The van der Waals surface area contributed by atoms with Crippen LogP contribution in [0.15, 0.2) is 169 Å². The van der Waals surface area contributed by atoms with Crippen LogP contribution in [0, 0.1) is 60.2 Å². The Bertz CT molecular complexity index is 5000. The number of benzene rings is 9. The number of alkyl halides is 5. The number of aryl methyl sites for hydroxylation is 8. The first-order valence-electron chi connectivity index (χ1n) is 35.1. The third-order valence-electron chi connectivity index (χ3n) is 16.7. The number of aliphatic carboxylic acids is 1. The molecule has 0 spiro atoms. The van der Waals surface area contributed by atoms with Gasteiger partial charge in [-0.15, -0.1) is 56.6 Å². The molecule has 3 fully saturated rings. The summed E-state index contributed by atoms with van der Waals surface area (Å²) in [5.41, 5.74) is 25.0. The molecule has 31 heteroatoms. The van der Waals surface area contributed by atoms with Crippen LogP contribution >= 0.6 is 94.2 Å². The number of amides is 2. The fraction of sp³-hybridized carbons (Fsp3) is 0.284. The fourth-order valence-corrected chi connectivity index (χ4v) is 12.7. The molecule has 0 aliphatic heterocycles. The summed E-state index contributed by atoms with van der Waals surface area (Å²) in [5, 5.41) is 48.9. The summed E-state index contributed by atoms with van der Waals surface area (Å²) in [6.07, 6.45) is 7.78. The number of aromatic nitrogens is 6. The number of H-pyrrole nitrogens is 1. The maximum atomic E-state index is 12.6. The summed E-state index contributed by atoms with van der Waals surface area (Å²) < 4.78 is 20.2. The zero-order chi connectivity index (χ0) is 81.9. The number of nitrogens with zero attached hydrogens (tertiary/aromatic N) is 5. The summed E-state index contributed by atoms with van der Waals surface area (Å²) in [6, 6.07) is 56.6. The number of thioether (sulfide) groups is 1. The Morgan fingerprint density at radius 3 is 1.37 bits per heavy atom. The number of hydrazine groups is 1. The van der Waals surface area contributed by atoms with E-state index in [-0.39, 0.29) is 145 Å². The quantitative estimate of drug-likeness (QED) is 0.00479. The smallest absolute Gasteiger partial charge is 1.00 e. The number of carboxylic acids is 1. The van der Waals surface area contributed by atoms with Gasteiger partial charge in [-0.05, 0) is 234 Å². The molecule has 0 bridgehead atoms. The van der Waals surface area contributed by atoms with E-state index in [0.717, 1.165) is 86.4 Å². The minimum absolute atomic E-state index is 0. The van der Waals surface area contributed by atoms with Gasteiger partial charge in [-0.1, -0.05) is 156 Å². The molecule has 11 aromatic rings. The van der Waals surface area contributed by atoms with Crippen molar-refractivity contribution in [3.8, 4) is 11.4 Å². The Labute approximate surface area is 781 Å². The molecule has 3 aliphatic carbocycles. The summed E-state index contributed by atoms with van der Waals surface area (Å²) in [5.74, 6) is 8.27.